The lowest BCUT2D eigenvalue weighted by Gasteiger charge is -2.17. The van der Waals surface area contributed by atoms with Gasteiger partial charge in [0.1, 0.15) is 4.83 Å². The number of hydrogen-bond donors (Lipinski definition) is 1. The molecule has 2 aromatic heterocycles. The van der Waals surface area contributed by atoms with Crippen LogP contribution in [-0.4, -0.2) is 10.8 Å². The first-order valence-electron chi connectivity index (χ1n) is 7.49. The fraction of sp³-hybridized carbons (Fsp3) is 0.412. The molecule has 0 amide bonds. The Morgan fingerprint density at radius 2 is 2.10 bits per heavy atom. The lowest BCUT2D eigenvalue weighted by atomic mass is 9.88. The van der Waals surface area contributed by atoms with Gasteiger partial charge in [-0.05, 0) is 48.8 Å². The van der Waals surface area contributed by atoms with Gasteiger partial charge in [-0.25, -0.2) is 0 Å². The number of hydrogen-bond acceptors (Lipinski definition) is 3. The van der Waals surface area contributed by atoms with Crippen LogP contribution in [0.2, 0.25) is 0 Å². The van der Waals surface area contributed by atoms with Gasteiger partial charge in [0, 0.05) is 5.39 Å². The first-order valence-corrected chi connectivity index (χ1v) is 8.37. The van der Waals surface area contributed by atoms with Crippen LogP contribution in [0.1, 0.15) is 48.0 Å². The largest absolute Gasteiger partial charge is 0.313 e. The molecule has 0 radical (unpaired) electrons. The highest BCUT2D eigenvalue weighted by Gasteiger charge is 2.16. The van der Waals surface area contributed by atoms with Gasteiger partial charge in [-0.15, -0.1) is 11.3 Å². The van der Waals surface area contributed by atoms with Crippen LogP contribution in [0, 0.1) is 12.8 Å². The minimum atomic E-state index is -0.277. The summed E-state index contributed by atoms with van der Waals surface area (Å²) in [5.74, 6) is 0.319. The summed E-state index contributed by atoms with van der Waals surface area (Å²) in [5, 5.41) is 2.90. The summed E-state index contributed by atoms with van der Waals surface area (Å²) >= 11 is 1.49. The molecule has 2 aromatic rings. The molecule has 0 unspecified atom stereocenters. The quantitative estimate of drug-likeness (QED) is 0.681. The molecule has 1 aliphatic carbocycles. The molecule has 4 heteroatoms. The van der Waals surface area contributed by atoms with Crippen LogP contribution in [0.4, 0.5) is 0 Å². The smallest absolute Gasteiger partial charge is 0.260 e. The number of carbonyl (C=O) groups excluding carboxylic acids is 1. The molecule has 3 nitrogen and oxygen atoms in total. The Morgan fingerprint density at radius 1 is 1.33 bits per heavy atom. The number of aromatic nitrogens is 1. The summed E-state index contributed by atoms with van der Waals surface area (Å²) in [6, 6.07) is 1.95. The summed E-state index contributed by atoms with van der Waals surface area (Å²) in [6.07, 6.45) is 9.69. The van der Waals surface area contributed by atoms with Crippen molar-refractivity contribution in [3.05, 3.63) is 45.1 Å². The highest BCUT2D eigenvalue weighted by Crippen LogP contribution is 2.25. The van der Waals surface area contributed by atoms with E-state index >= 15 is 0 Å². The molecule has 0 aromatic carbocycles. The summed E-state index contributed by atoms with van der Waals surface area (Å²) in [6.45, 7) is 1.85. The molecule has 0 aliphatic heterocycles. The van der Waals surface area contributed by atoms with Crippen LogP contribution in [-0.2, 0) is 0 Å². The van der Waals surface area contributed by atoms with Crippen molar-refractivity contribution >= 4 is 27.3 Å². The Hall–Kier alpha value is -1.68. The first kappa shape index (κ1) is 14.3. The van der Waals surface area contributed by atoms with Gasteiger partial charge in [-0.1, -0.05) is 25.3 Å². The maximum absolute atomic E-state index is 12.4. The number of allylic oxidation sites excluding steroid dienone is 2. The van der Waals surface area contributed by atoms with Crippen LogP contribution < -0.4 is 5.56 Å². The number of thiophene rings is 1. The number of rotatable bonds is 3. The van der Waals surface area contributed by atoms with Crippen molar-refractivity contribution in [2.24, 2.45) is 5.92 Å². The Bertz CT molecular complexity index is 748. The SMILES string of the molecule is Cc1c(C(=O)C=CC2CCCCC2)c(=O)[nH]c2sccc12. The summed E-state index contributed by atoms with van der Waals surface area (Å²) in [5.41, 5.74) is 0.794. The minimum Gasteiger partial charge on any atom is -0.313 e. The van der Waals surface area contributed by atoms with Gasteiger partial charge in [0.15, 0.2) is 5.78 Å². The Morgan fingerprint density at radius 3 is 2.86 bits per heavy atom. The lowest BCUT2D eigenvalue weighted by molar-refractivity contribution is 0.104. The number of fused-ring (bicyclic) bond motifs is 1. The van der Waals surface area contributed by atoms with E-state index in [1.54, 1.807) is 6.08 Å². The van der Waals surface area contributed by atoms with Crippen LogP contribution in [0.15, 0.2) is 28.4 Å². The second-order valence-electron chi connectivity index (χ2n) is 5.74. The monoisotopic (exact) mass is 301 g/mol. The van der Waals surface area contributed by atoms with Crippen molar-refractivity contribution in [3.63, 3.8) is 0 Å². The Kier molecular flexibility index (Phi) is 4.06. The van der Waals surface area contributed by atoms with Crippen molar-refractivity contribution in [1.82, 2.24) is 4.98 Å². The number of pyridine rings is 1. The average Bonchev–Trinajstić information content (AvgIpc) is 2.94. The molecule has 0 bridgehead atoms. The molecule has 1 aliphatic rings. The molecular formula is C17H19NO2S. The molecule has 1 fully saturated rings. The van der Waals surface area contributed by atoms with Crippen LogP contribution in [0.3, 0.4) is 0 Å². The number of ketones is 1. The summed E-state index contributed by atoms with van der Waals surface area (Å²) in [7, 11) is 0. The van der Waals surface area contributed by atoms with Crippen molar-refractivity contribution in [2.75, 3.05) is 0 Å². The predicted octanol–water partition coefficient (Wildman–Crippen LogP) is 4.22. The van der Waals surface area contributed by atoms with E-state index in [1.165, 1.54) is 30.6 Å². The standard InChI is InChI=1S/C17H19NO2S/c1-11-13-9-10-21-17(13)18-16(20)15(11)14(19)8-7-12-5-3-2-4-6-12/h7-10,12H,2-6H2,1H3,(H,18,20). The van der Waals surface area contributed by atoms with E-state index in [4.69, 9.17) is 0 Å². The highest BCUT2D eigenvalue weighted by atomic mass is 32.1. The van der Waals surface area contributed by atoms with Gasteiger partial charge in [-0.3, -0.25) is 9.59 Å². The Labute approximate surface area is 127 Å². The van der Waals surface area contributed by atoms with Crippen molar-refractivity contribution < 1.29 is 4.79 Å². The number of aromatic amines is 1. The van der Waals surface area contributed by atoms with Crippen molar-refractivity contribution in [3.8, 4) is 0 Å². The molecule has 2 heterocycles. The third kappa shape index (κ3) is 2.86. The molecule has 3 rings (SSSR count). The molecule has 0 atom stereocenters. The van der Waals surface area contributed by atoms with E-state index in [0.29, 0.717) is 5.92 Å². The molecule has 1 N–H and O–H groups in total. The molecule has 110 valence electrons. The van der Waals surface area contributed by atoms with E-state index in [-0.39, 0.29) is 16.9 Å². The Balaban J connectivity index is 1.90. The number of aryl methyl sites for hydroxylation is 1. The van der Waals surface area contributed by atoms with Crippen LogP contribution >= 0.6 is 11.3 Å². The summed E-state index contributed by atoms with van der Waals surface area (Å²) in [4.78, 5) is 28.2. The average molecular weight is 301 g/mol. The molecule has 21 heavy (non-hydrogen) atoms. The zero-order chi connectivity index (χ0) is 14.8. The van der Waals surface area contributed by atoms with E-state index in [2.05, 4.69) is 4.98 Å². The number of carbonyl (C=O) groups is 1. The zero-order valence-electron chi connectivity index (χ0n) is 12.1. The predicted molar refractivity (Wildman–Crippen MR) is 87.2 cm³/mol. The maximum Gasteiger partial charge on any atom is 0.260 e. The van der Waals surface area contributed by atoms with Gasteiger partial charge in [0.25, 0.3) is 5.56 Å². The van der Waals surface area contributed by atoms with Crippen LogP contribution in [0.25, 0.3) is 10.2 Å². The first-order chi connectivity index (χ1) is 10.2. The fourth-order valence-electron chi connectivity index (χ4n) is 3.10. The second-order valence-corrected chi connectivity index (χ2v) is 6.66. The fourth-order valence-corrected chi connectivity index (χ4v) is 3.94. The molecule has 0 saturated heterocycles. The van der Waals surface area contributed by atoms with E-state index in [9.17, 15) is 9.59 Å². The molecule has 1 saturated carbocycles. The van der Waals surface area contributed by atoms with Crippen molar-refractivity contribution in [1.29, 1.82) is 0 Å². The zero-order valence-corrected chi connectivity index (χ0v) is 13.0. The maximum atomic E-state index is 12.4. The highest BCUT2D eigenvalue weighted by molar-refractivity contribution is 7.16. The molecular weight excluding hydrogens is 282 g/mol. The second kappa shape index (κ2) is 5.98. The summed E-state index contributed by atoms with van der Waals surface area (Å²) < 4.78 is 0. The lowest BCUT2D eigenvalue weighted by Crippen LogP contribution is -2.18. The normalized spacial score (nSPS) is 16.8. The van der Waals surface area contributed by atoms with E-state index in [1.807, 2.05) is 24.4 Å². The van der Waals surface area contributed by atoms with Crippen molar-refractivity contribution in [2.45, 2.75) is 39.0 Å². The van der Waals surface area contributed by atoms with E-state index in [0.717, 1.165) is 28.6 Å². The van der Waals surface area contributed by atoms with Gasteiger partial charge < -0.3 is 4.98 Å². The van der Waals surface area contributed by atoms with Crippen LogP contribution in [0.5, 0.6) is 0 Å². The van der Waals surface area contributed by atoms with Gasteiger partial charge >= 0.3 is 0 Å². The van der Waals surface area contributed by atoms with Gasteiger partial charge in [-0.2, -0.15) is 0 Å². The number of H-pyrrole nitrogens is 1. The van der Waals surface area contributed by atoms with E-state index < -0.39 is 0 Å². The number of nitrogens with one attached hydrogen (secondary N) is 1. The molecule has 0 spiro atoms. The van der Waals surface area contributed by atoms with Gasteiger partial charge in [0.2, 0.25) is 0 Å². The van der Waals surface area contributed by atoms with Gasteiger partial charge in [0.05, 0.1) is 5.56 Å². The topological polar surface area (TPSA) is 49.9 Å². The minimum absolute atomic E-state index is 0.174. The third-order valence-corrected chi connectivity index (χ3v) is 5.14. The third-order valence-electron chi connectivity index (χ3n) is 4.31.